The maximum Gasteiger partial charge on any atom is 0.411 e. The summed E-state index contributed by atoms with van der Waals surface area (Å²) in [6.45, 7) is 9.75. The lowest BCUT2D eigenvalue weighted by atomic mass is 10.1. The summed E-state index contributed by atoms with van der Waals surface area (Å²) in [6.07, 6.45) is 2.91. The number of halogens is 2. The number of carbonyl (C=O) groups is 1. The second-order valence-electron chi connectivity index (χ2n) is 12.7. The maximum atomic E-state index is 11.6. The molecule has 5 rings (SSSR count). The Morgan fingerprint density at radius 2 is 1.71 bits per heavy atom. The number of aromatic nitrogens is 5. The van der Waals surface area contributed by atoms with Crippen molar-refractivity contribution in [2.24, 2.45) is 0 Å². The van der Waals surface area contributed by atoms with Gasteiger partial charge in [0.1, 0.15) is 26.2 Å². The first-order valence-electron chi connectivity index (χ1n) is 16.1. The molecule has 5 aromatic rings. The molecule has 0 fully saturated rings. The van der Waals surface area contributed by atoms with Crippen LogP contribution in [0.2, 0.25) is 5.04 Å². The van der Waals surface area contributed by atoms with E-state index in [0.717, 1.165) is 17.3 Å². The van der Waals surface area contributed by atoms with Crippen LogP contribution >= 0.6 is 38.5 Å². The van der Waals surface area contributed by atoms with Gasteiger partial charge in [0.15, 0.2) is 5.82 Å². The zero-order valence-corrected chi connectivity index (χ0v) is 32.9. The van der Waals surface area contributed by atoms with E-state index < -0.39 is 14.4 Å². The van der Waals surface area contributed by atoms with Crippen LogP contribution in [0.1, 0.15) is 52.7 Å². The fourth-order valence-corrected chi connectivity index (χ4v) is 11.8. The lowest BCUT2D eigenvalue weighted by molar-refractivity contribution is 0.209. The van der Waals surface area contributed by atoms with Gasteiger partial charge in [0, 0.05) is 23.3 Å². The molecule has 0 radical (unpaired) electrons. The third-order valence-corrected chi connectivity index (χ3v) is 14.6. The molecule has 2 aromatic carbocycles. The predicted octanol–water partition coefficient (Wildman–Crippen LogP) is 7.28. The summed E-state index contributed by atoms with van der Waals surface area (Å²) in [4.78, 5) is 25.4. The van der Waals surface area contributed by atoms with Crippen molar-refractivity contribution in [1.29, 1.82) is 0 Å². The molecule has 0 spiro atoms. The Labute approximate surface area is 309 Å². The van der Waals surface area contributed by atoms with E-state index in [-0.39, 0.29) is 23.6 Å². The maximum absolute atomic E-state index is 11.6. The van der Waals surface area contributed by atoms with Gasteiger partial charge in [-0.3, -0.25) is 15.0 Å². The van der Waals surface area contributed by atoms with Crippen molar-refractivity contribution in [3.8, 4) is 5.75 Å². The molecule has 1 unspecified atom stereocenters. The van der Waals surface area contributed by atoms with Crippen LogP contribution in [-0.4, -0.2) is 64.0 Å². The second-order valence-corrected chi connectivity index (χ2v) is 18.9. The van der Waals surface area contributed by atoms with Gasteiger partial charge in [0.05, 0.1) is 13.7 Å². The molecular weight excluding hydrogens is 817 g/mol. The zero-order valence-electron chi connectivity index (χ0n) is 28.2. The number of pyridine rings is 1. The van der Waals surface area contributed by atoms with Gasteiger partial charge in [-0.05, 0) is 72.8 Å². The number of carboxylic acid groups (broad SMARTS) is 1. The fraction of sp³-hybridized carbons (Fsp3) is 0.343. The Balaban J connectivity index is 1.51. The molecule has 0 aliphatic carbocycles. The lowest BCUT2D eigenvalue weighted by Gasteiger charge is -2.43. The van der Waals surface area contributed by atoms with Crippen molar-refractivity contribution in [3.05, 3.63) is 86.8 Å². The van der Waals surface area contributed by atoms with Gasteiger partial charge >= 0.3 is 6.09 Å². The molecule has 0 saturated heterocycles. The number of fused-ring (bicyclic) bond motifs is 1. The number of hydrogen-bond donors (Lipinski definition) is 3. The van der Waals surface area contributed by atoms with E-state index >= 15 is 0 Å². The second kappa shape index (κ2) is 16.0. The van der Waals surface area contributed by atoms with Gasteiger partial charge < -0.3 is 19.6 Å². The quantitative estimate of drug-likeness (QED) is 0.0778. The average Bonchev–Trinajstić information content (AvgIpc) is 3.38. The Morgan fingerprint density at radius 3 is 2.29 bits per heavy atom. The van der Waals surface area contributed by atoms with Crippen LogP contribution in [0, 0.1) is 3.70 Å². The Bertz CT molecular complexity index is 1850. The molecule has 0 aliphatic heterocycles. The molecule has 3 N–H and O–H groups in total. The molecule has 1 amide bonds. The largest absolute Gasteiger partial charge is 0.495 e. The highest BCUT2D eigenvalue weighted by molar-refractivity contribution is 14.1. The van der Waals surface area contributed by atoms with Crippen LogP contribution < -0.4 is 25.7 Å². The Kier molecular flexibility index (Phi) is 11.9. The molecule has 3 aromatic heterocycles. The summed E-state index contributed by atoms with van der Waals surface area (Å²) in [7, 11) is -1.13. The first-order valence-corrected chi connectivity index (χ1v) is 19.9. The minimum Gasteiger partial charge on any atom is -0.495 e. The van der Waals surface area contributed by atoms with E-state index in [1.165, 1.54) is 10.4 Å². The van der Waals surface area contributed by atoms with Crippen molar-refractivity contribution < 1.29 is 19.1 Å². The predicted molar refractivity (Wildman–Crippen MR) is 208 cm³/mol. The summed E-state index contributed by atoms with van der Waals surface area (Å²) in [5.41, 5.74) is 1.84. The van der Waals surface area contributed by atoms with E-state index in [0.29, 0.717) is 45.0 Å². The lowest BCUT2D eigenvalue weighted by Crippen LogP contribution is -2.66. The number of hydrogen-bond acceptors (Lipinski definition) is 8. The third kappa shape index (κ3) is 8.24. The highest BCUT2D eigenvalue weighted by Crippen LogP contribution is 2.37. The summed E-state index contributed by atoms with van der Waals surface area (Å²) in [5.74, 6) is 1.05. The molecule has 258 valence electrons. The van der Waals surface area contributed by atoms with Crippen molar-refractivity contribution in [2.45, 2.75) is 64.6 Å². The highest BCUT2D eigenvalue weighted by atomic mass is 127. The molecule has 0 saturated carbocycles. The monoisotopic (exact) mass is 857 g/mol. The standard InChI is InChI=1S/C35H41BrIN7O4Si/c1-6-13-24(18-19-48-49(35(2,3)4,25-14-9-7-10-15-25)26-16-11-8-12-17-26)39-32-30-29(40-33(41-32)42-34(45)46)31(37)43-44(30)22-27-28(47-5)20-23(36)21-38-27/h7-12,14-17,20-21,24H,6,13,18-19,22H2,1-5H3,(H,45,46)(H2,39,40,41,42). The van der Waals surface area contributed by atoms with Gasteiger partial charge in [0.2, 0.25) is 5.95 Å². The van der Waals surface area contributed by atoms with Gasteiger partial charge in [-0.25, -0.2) is 9.78 Å². The summed E-state index contributed by atoms with van der Waals surface area (Å²) < 4.78 is 16.0. The van der Waals surface area contributed by atoms with Crippen LogP contribution in [0.15, 0.2) is 77.4 Å². The minimum absolute atomic E-state index is 0.0295. The summed E-state index contributed by atoms with van der Waals surface area (Å²) >= 11 is 5.57. The molecule has 11 nitrogen and oxygen atoms in total. The number of benzene rings is 2. The highest BCUT2D eigenvalue weighted by Gasteiger charge is 2.50. The summed E-state index contributed by atoms with van der Waals surface area (Å²) in [6, 6.07) is 23.0. The first kappa shape index (κ1) is 36.7. The average molecular weight is 859 g/mol. The number of nitrogens with zero attached hydrogens (tertiary/aromatic N) is 5. The van der Waals surface area contributed by atoms with Crippen LogP contribution in [0.4, 0.5) is 16.6 Å². The molecule has 0 bridgehead atoms. The van der Waals surface area contributed by atoms with Gasteiger partial charge in [-0.15, -0.1) is 0 Å². The van der Waals surface area contributed by atoms with Gasteiger partial charge in [-0.1, -0.05) is 94.8 Å². The normalized spacial score (nSPS) is 12.6. The molecule has 0 aliphatic rings. The SMILES string of the molecule is CCCC(CCO[Si](c1ccccc1)(c1ccccc1)C(C)(C)C)Nc1nc(NC(=O)O)nc2c(I)nn(Cc3ncc(Br)cc3OC)c12. The van der Waals surface area contributed by atoms with E-state index in [9.17, 15) is 9.90 Å². The smallest absolute Gasteiger partial charge is 0.411 e. The Hall–Kier alpha value is -3.60. The van der Waals surface area contributed by atoms with Crippen molar-refractivity contribution in [1.82, 2.24) is 24.7 Å². The molecular formula is C35H41BrIN7O4Si. The van der Waals surface area contributed by atoms with Gasteiger partial charge in [0.25, 0.3) is 8.32 Å². The number of ether oxygens (including phenoxy) is 1. The number of rotatable bonds is 14. The Morgan fingerprint density at radius 1 is 1.06 bits per heavy atom. The van der Waals surface area contributed by atoms with Crippen LogP contribution in [0.3, 0.4) is 0 Å². The van der Waals surface area contributed by atoms with E-state index in [2.05, 4.69) is 140 Å². The van der Waals surface area contributed by atoms with Crippen molar-refractivity contribution in [2.75, 3.05) is 24.4 Å². The number of methoxy groups -OCH3 is 1. The van der Waals surface area contributed by atoms with E-state index in [1.54, 1.807) is 18.0 Å². The molecule has 14 heteroatoms. The topological polar surface area (TPSA) is 136 Å². The fourth-order valence-electron chi connectivity index (χ4n) is 6.25. The van der Waals surface area contributed by atoms with E-state index in [1.807, 2.05) is 18.2 Å². The van der Waals surface area contributed by atoms with Gasteiger partial charge in [-0.2, -0.15) is 10.1 Å². The van der Waals surface area contributed by atoms with E-state index in [4.69, 9.17) is 14.3 Å². The molecule has 3 heterocycles. The number of anilines is 2. The van der Waals surface area contributed by atoms with Crippen LogP contribution in [0.25, 0.3) is 11.0 Å². The third-order valence-electron chi connectivity index (χ3n) is 8.36. The first-order chi connectivity index (χ1) is 23.5. The van der Waals surface area contributed by atoms with Crippen molar-refractivity contribution in [3.63, 3.8) is 0 Å². The minimum atomic E-state index is -2.73. The van der Waals surface area contributed by atoms with Crippen LogP contribution in [0.5, 0.6) is 5.75 Å². The zero-order chi connectivity index (χ0) is 35.2. The van der Waals surface area contributed by atoms with Crippen molar-refractivity contribution >= 4 is 86.1 Å². The molecule has 1 atom stereocenters. The summed E-state index contributed by atoms with van der Waals surface area (Å²) in [5, 5.41) is 22.6. The number of nitrogens with one attached hydrogen (secondary N) is 2. The van der Waals surface area contributed by atoms with Crippen LogP contribution in [-0.2, 0) is 11.0 Å². The molecule has 49 heavy (non-hydrogen) atoms. The number of amides is 1.